The number of hydrogen-bond donors (Lipinski definition) is 4. The lowest BCUT2D eigenvalue weighted by Gasteiger charge is -2.01. The number of esters is 1. The van der Waals surface area contributed by atoms with Gasteiger partial charge in [0, 0.05) is 16.7 Å². The molecule has 11 nitrogen and oxygen atoms in total. The standard InChI is InChI=1S/C11H10N2O2.C10H7N3.C10H8N2O2.ClH/c1-15-11(14)9-4-2-3-8(5-9)10-6-12-7-13-10;11-5-8-2-1-3-9(4-8)10-6-12-7-13-10;13-10(14)8-3-1-2-7(4-8)9-5-11-6-12-9;/h2-7H,1H3,(H,12,13);1-4,6-7H,(H,12,13);1-6H,(H,11,12)(H,13,14);1H. The van der Waals surface area contributed by atoms with Gasteiger partial charge in [0.2, 0.25) is 0 Å². The number of halogens is 1. The van der Waals surface area contributed by atoms with Crippen LogP contribution in [0.1, 0.15) is 26.3 Å². The molecule has 216 valence electrons. The number of benzene rings is 3. The molecule has 0 saturated heterocycles. The fraction of sp³-hybridized carbons (Fsp3) is 0.0323. The number of methoxy groups -OCH3 is 1. The first-order valence-corrected chi connectivity index (χ1v) is 12.5. The first-order valence-electron chi connectivity index (χ1n) is 12.5. The SMILES string of the molecule is COC(=O)c1cccc(-c2cnc[nH]2)c1.Cl.N#Cc1cccc(-c2cnc[nH]2)c1.O=C(O)c1cccc(-c2cnc[nH]2)c1. The van der Waals surface area contributed by atoms with Crippen LogP contribution in [0.2, 0.25) is 0 Å². The third-order valence-electron chi connectivity index (χ3n) is 5.81. The Labute approximate surface area is 252 Å². The molecular weight excluding hydrogens is 570 g/mol. The fourth-order valence-corrected chi connectivity index (χ4v) is 3.75. The average molecular weight is 596 g/mol. The number of hydrogen-bond acceptors (Lipinski definition) is 7. The van der Waals surface area contributed by atoms with Crippen LogP contribution in [-0.4, -0.2) is 54.1 Å². The van der Waals surface area contributed by atoms with Gasteiger partial charge in [-0.1, -0.05) is 36.4 Å². The van der Waals surface area contributed by atoms with Crippen LogP contribution in [-0.2, 0) is 4.74 Å². The number of nitriles is 1. The lowest BCUT2D eigenvalue weighted by Crippen LogP contribution is -2.00. The van der Waals surface area contributed by atoms with Gasteiger partial charge in [-0.25, -0.2) is 24.5 Å². The Morgan fingerprint density at radius 2 is 1.16 bits per heavy atom. The lowest BCUT2D eigenvalue weighted by atomic mass is 10.1. The van der Waals surface area contributed by atoms with Gasteiger partial charge in [0.15, 0.2) is 0 Å². The molecule has 3 aromatic carbocycles. The quantitative estimate of drug-likeness (QED) is 0.175. The number of ether oxygens (including phenoxy) is 1. The van der Waals surface area contributed by atoms with E-state index in [4.69, 9.17) is 10.4 Å². The van der Waals surface area contributed by atoms with Crippen molar-refractivity contribution < 1.29 is 19.4 Å². The van der Waals surface area contributed by atoms with Crippen LogP contribution in [0.15, 0.2) is 110 Å². The van der Waals surface area contributed by atoms with E-state index >= 15 is 0 Å². The first kappa shape index (κ1) is 31.5. The summed E-state index contributed by atoms with van der Waals surface area (Å²) in [7, 11) is 1.37. The fourth-order valence-electron chi connectivity index (χ4n) is 3.75. The minimum atomic E-state index is -0.925. The highest BCUT2D eigenvalue weighted by atomic mass is 35.5. The number of nitrogens with one attached hydrogen (secondary N) is 3. The summed E-state index contributed by atoms with van der Waals surface area (Å²) in [5.41, 5.74) is 6.80. The summed E-state index contributed by atoms with van der Waals surface area (Å²) in [6, 6.07) is 23.4. The molecule has 0 aliphatic rings. The maximum absolute atomic E-state index is 11.3. The Balaban J connectivity index is 0.000000175. The van der Waals surface area contributed by atoms with Crippen molar-refractivity contribution in [3.63, 3.8) is 0 Å². The van der Waals surface area contributed by atoms with Crippen molar-refractivity contribution in [2.24, 2.45) is 0 Å². The maximum Gasteiger partial charge on any atom is 0.337 e. The number of carbonyl (C=O) groups excluding carboxylic acids is 1. The van der Waals surface area contributed by atoms with Gasteiger partial charge in [-0.2, -0.15) is 5.26 Å². The van der Waals surface area contributed by atoms with Crippen molar-refractivity contribution >= 4 is 24.3 Å². The van der Waals surface area contributed by atoms with Gasteiger partial charge < -0.3 is 24.8 Å². The number of aromatic amines is 3. The Morgan fingerprint density at radius 1 is 0.721 bits per heavy atom. The third kappa shape index (κ3) is 8.75. The van der Waals surface area contributed by atoms with Crippen LogP contribution >= 0.6 is 12.4 Å². The van der Waals surface area contributed by atoms with Crippen molar-refractivity contribution in [2.45, 2.75) is 0 Å². The van der Waals surface area contributed by atoms with Crippen molar-refractivity contribution in [2.75, 3.05) is 7.11 Å². The molecule has 0 fully saturated rings. The molecule has 0 atom stereocenters. The van der Waals surface area contributed by atoms with Crippen LogP contribution < -0.4 is 0 Å². The van der Waals surface area contributed by atoms with Crippen molar-refractivity contribution in [3.05, 3.63) is 127 Å². The second-order valence-corrected chi connectivity index (χ2v) is 8.55. The zero-order valence-electron chi connectivity index (χ0n) is 22.8. The molecule has 3 aromatic heterocycles. The highest BCUT2D eigenvalue weighted by Crippen LogP contribution is 2.19. The highest BCUT2D eigenvalue weighted by molar-refractivity contribution is 5.91. The number of carboxylic acid groups (broad SMARTS) is 1. The molecule has 0 bridgehead atoms. The number of aromatic nitrogens is 6. The molecule has 6 aromatic rings. The van der Waals surface area contributed by atoms with E-state index in [0.717, 1.165) is 33.8 Å². The lowest BCUT2D eigenvalue weighted by molar-refractivity contribution is 0.0600. The second-order valence-electron chi connectivity index (χ2n) is 8.55. The van der Waals surface area contributed by atoms with Gasteiger partial charge in [-0.05, 0) is 36.4 Å². The molecule has 43 heavy (non-hydrogen) atoms. The van der Waals surface area contributed by atoms with Crippen LogP contribution in [0.25, 0.3) is 33.8 Å². The number of imidazole rings is 3. The molecule has 0 radical (unpaired) electrons. The predicted molar refractivity (Wildman–Crippen MR) is 162 cm³/mol. The number of rotatable bonds is 5. The molecule has 0 aliphatic heterocycles. The molecule has 3 heterocycles. The summed E-state index contributed by atoms with van der Waals surface area (Å²) in [6.07, 6.45) is 9.87. The van der Waals surface area contributed by atoms with Crippen LogP contribution in [0.3, 0.4) is 0 Å². The molecule has 12 heteroatoms. The van der Waals surface area contributed by atoms with E-state index in [9.17, 15) is 9.59 Å². The zero-order chi connectivity index (χ0) is 29.7. The van der Waals surface area contributed by atoms with Gasteiger partial charge in [0.1, 0.15) is 0 Å². The summed E-state index contributed by atoms with van der Waals surface area (Å²) in [4.78, 5) is 42.6. The van der Waals surface area contributed by atoms with E-state index in [-0.39, 0.29) is 23.9 Å². The van der Waals surface area contributed by atoms with Crippen LogP contribution in [0.4, 0.5) is 0 Å². The molecule has 0 spiro atoms. The van der Waals surface area contributed by atoms with E-state index in [2.05, 4.69) is 40.7 Å². The smallest absolute Gasteiger partial charge is 0.337 e. The normalized spacial score (nSPS) is 9.58. The Kier molecular flexibility index (Phi) is 11.5. The number of nitrogens with zero attached hydrogens (tertiary/aromatic N) is 4. The van der Waals surface area contributed by atoms with Gasteiger partial charge in [-0.3, -0.25) is 0 Å². The maximum atomic E-state index is 11.3. The van der Waals surface area contributed by atoms with Crippen molar-refractivity contribution in [3.8, 4) is 39.8 Å². The topological polar surface area (TPSA) is 173 Å². The van der Waals surface area contributed by atoms with Crippen molar-refractivity contribution in [1.29, 1.82) is 5.26 Å². The molecule has 0 saturated carbocycles. The van der Waals surface area contributed by atoms with Gasteiger partial charge in [0.25, 0.3) is 0 Å². The number of aromatic carboxylic acids is 1. The van der Waals surface area contributed by atoms with E-state index in [1.165, 1.54) is 7.11 Å². The molecular formula is C31H26ClN7O4. The number of H-pyrrole nitrogens is 3. The van der Waals surface area contributed by atoms with Gasteiger partial charge in [0.05, 0.1) is 84.5 Å². The predicted octanol–water partition coefficient (Wildman–Crippen LogP) is 6.01. The van der Waals surface area contributed by atoms with E-state index in [0.29, 0.717) is 11.1 Å². The number of carbonyl (C=O) groups is 2. The van der Waals surface area contributed by atoms with E-state index in [1.807, 2.05) is 36.4 Å². The summed E-state index contributed by atoms with van der Waals surface area (Å²) >= 11 is 0. The van der Waals surface area contributed by atoms with E-state index < -0.39 is 5.97 Å². The minimum Gasteiger partial charge on any atom is -0.478 e. The molecule has 0 aliphatic carbocycles. The monoisotopic (exact) mass is 595 g/mol. The molecule has 0 amide bonds. The summed E-state index contributed by atoms with van der Waals surface area (Å²) < 4.78 is 4.64. The van der Waals surface area contributed by atoms with Crippen molar-refractivity contribution in [1.82, 2.24) is 29.9 Å². The summed E-state index contributed by atoms with van der Waals surface area (Å²) in [5, 5.41) is 17.5. The zero-order valence-corrected chi connectivity index (χ0v) is 23.6. The Bertz CT molecular complexity index is 1780. The summed E-state index contributed by atoms with van der Waals surface area (Å²) in [6.45, 7) is 0. The van der Waals surface area contributed by atoms with Gasteiger partial charge in [-0.15, -0.1) is 12.4 Å². The van der Waals surface area contributed by atoms with Crippen LogP contribution in [0.5, 0.6) is 0 Å². The second kappa shape index (κ2) is 15.7. The van der Waals surface area contributed by atoms with E-state index in [1.54, 1.807) is 74.0 Å². The third-order valence-corrected chi connectivity index (χ3v) is 5.81. The Morgan fingerprint density at radius 3 is 1.58 bits per heavy atom. The van der Waals surface area contributed by atoms with Gasteiger partial charge >= 0.3 is 11.9 Å². The first-order chi connectivity index (χ1) is 20.5. The Hall–Kier alpha value is -5.99. The minimum absolute atomic E-state index is 0. The highest BCUT2D eigenvalue weighted by Gasteiger charge is 2.07. The largest absolute Gasteiger partial charge is 0.478 e. The summed E-state index contributed by atoms with van der Waals surface area (Å²) in [5.74, 6) is -1.26. The molecule has 6 rings (SSSR count). The molecule has 4 N–H and O–H groups in total. The average Bonchev–Trinajstić information content (AvgIpc) is 3.86. The molecule has 0 unspecified atom stereocenters. The number of carboxylic acids is 1. The van der Waals surface area contributed by atoms with Crippen LogP contribution in [0, 0.1) is 11.3 Å².